The lowest BCUT2D eigenvalue weighted by Crippen LogP contribution is -2.62. The van der Waals surface area contributed by atoms with Crippen LogP contribution in [0.1, 0.15) is 51.4 Å². The second-order valence-electron chi connectivity index (χ2n) is 12.4. The molecule has 198 valence electrons. The van der Waals surface area contributed by atoms with Gasteiger partial charge in [-0.2, -0.15) is 0 Å². The normalized spacial score (nSPS) is 32.8. The number of hydrogen-bond acceptors (Lipinski definition) is 3. The van der Waals surface area contributed by atoms with Crippen molar-refractivity contribution in [2.75, 3.05) is 0 Å². The van der Waals surface area contributed by atoms with Gasteiger partial charge in [-0.1, -0.05) is 72.9 Å². The molecule has 3 heterocycles. The van der Waals surface area contributed by atoms with E-state index in [-0.39, 0.29) is 0 Å². The fourth-order valence-corrected chi connectivity index (χ4v) is 9.01. The standard InChI is InChI=1S/C36H36BN3/c1-4-13-25(14-5-1)38-28-19-10-21-30-34(28)37-35-29(38)20-11-22-31(35)40(27-17-8-3-9-18-27)33-24-12-23-32(36(33)37)39(30)26-15-6-2-7-16-26/h1-2,4-6,8,10-11,13,15,17-21,23,25,30-31,34H,3,7,9,12,14,16,22,24H2. The Kier molecular flexibility index (Phi) is 5.15. The van der Waals surface area contributed by atoms with Crippen molar-refractivity contribution in [1.82, 2.24) is 14.7 Å². The maximum absolute atomic E-state index is 2.79. The molecule has 0 N–H and O–H groups in total. The molecule has 9 rings (SSSR count). The van der Waals surface area contributed by atoms with E-state index < -0.39 is 0 Å². The van der Waals surface area contributed by atoms with Crippen molar-refractivity contribution in [2.45, 2.75) is 75.3 Å². The van der Waals surface area contributed by atoms with Crippen LogP contribution in [-0.2, 0) is 0 Å². The first-order chi connectivity index (χ1) is 19.9. The third kappa shape index (κ3) is 3.14. The monoisotopic (exact) mass is 521 g/mol. The molecule has 1 saturated heterocycles. The highest BCUT2D eigenvalue weighted by Crippen LogP contribution is 2.60. The van der Waals surface area contributed by atoms with Crippen LogP contribution in [0.25, 0.3) is 0 Å². The van der Waals surface area contributed by atoms with Gasteiger partial charge in [0, 0.05) is 40.0 Å². The van der Waals surface area contributed by atoms with Crippen molar-refractivity contribution in [1.29, 1.82) is 0 Å². The molecule has 3 aliphatic heterocycles. The van der Waals surface area contributed by atoms with Crippen molar-refractivity contribution >= 4 is 6.71 Å². The Hall–Kier alpha value is -3.66. The molecule has 6 aliphatic carbocycles. The van der Waals surface area contributed by atoms with Gasteiger partial charge in [-0.15, -0.1) is 0 Å². The van der Waals surface area contributed by atoms with Crippen molar-refractivity contribution in [3.63, 3.8) is 0 Å². The van der Waals surface area contributed by atoms with Crippen LogP contribution < -0.4 is 0 Å². The van der Waals surface area contributed by atoms with Gasteiger partial charge in [0.25, 0.3) is 0 Å². The lowest BCUT2D eigenvalue weighted by Gasteiger charge is -2.61. The van der Waals surface area contributed by atoms with Gasteiger partial charge in [0.15, 0.2) is 0 Å². The quantitative estimate of drug-likeness (QED) is 0.355. The van der Waals surface area contributed by atoms with E-state index in [1.165, 1.54) is 28.5 Å². The molecular formula is C36H36BN3. The predicted molar refractivity (Wildman–Crippen MR) is 165 cm³/mol. The summed E-state index contributed by atoms with van der Waals surface area (Å²) < 4.78 is 0. The van der Waals surface area contributed by atoms with E-state index in [0.29, 0.717) is 30.7 Å². The Balaban J connectivity index is 1.33. The van der Waals surface area contributed by atoms with Crippen LogP contribution in [0, 0.1) is 0 Å². The predicted octanol–water partition coefficient (Wildman–Crippen LogP) is 7.57. The topological polar surface area (TPSA) is 9.72 Å². The maximum Gasteiger partial charge on any atom is 0.226 e. The SMILES string of the molecule is C1=CCCC(N2C3=CCCC4=C3B3C5=C(C=CCC5N4C4=CCCC=C4)N(C4C=CC=CC4)C4=CC=CC2C34)=C1. The molecule has 4 heteroatoms. The third-order valence-corrected chi connectivity index (χ3v) is 10.4. The summed E-state index contributed by atoms with van der Waals surface area (Å²) in [6.45, 7) is 0.451. The average molecular weight is 522 g/mol. The van der Waals surface area contributed by atoms with Crippen LogP contribution in [0.4, 0.5) is 0 Å². The first-order valence-corrected chi connectivity index (χ1v) is 15.6. The molecule has 0 radical (unpaired) electrons. The molecule has 4 atom stereocenters. The minimum Gasteiger partial charge on any atom is -0.339 e. The molecule has 3 nitrogen and oxygen atoms in total. The Morgan fingerprint density at radius 1 is 0.725 bits per heavy atom. The first-order valence-electron chi connectivity index (χ1n) is 15.6. The van der Waals surface area contributed by atoms with Crippen LogP contribution >= 0.6 is 0 Å². The van der Waals surface area contributed by atoms with E-state index in [2.05, 4.69) is 112 Å². The van der Waals surface area contributed by atoms with Crippen LogP contribution in [0.15, 0.2) is 142 Å². The summed E-state index contributed by atoms with van der Waals surface area (Å²) in [5, 5.41) is 0. The van der Waals surface area contributed by atoms with Gasteiger partial charge in [-0.05, 0) is 86.6 Å². The molecule has 0 bridgehead atoms. The van der Waals surface area contributed by atoms with Gasteiger partial charge in [-0.3, -0.25) is 0 Å². The Labute approximate surface area is 238 Å². The Morgan fingerprint density at radius 3 is 2.58 bits per heavy atom. The van der Waals surface area contributed by atoms with Gasteiger partial charge >= 0.3 is 0 Å². The molecule has 0 aromatic carbocycles. The largest absolute Gasteiger partial charge is 0.339 e. The summed E-state index contributed by atoms with van der Waals surface area (Å²) in [6, 6.07) is 1.12. The summed E-state index contributed by atoms with van der Waals surface area (Å²) in [7, 11) is 0. The van der Waals surface area contributed by atoms with Crippen LogP contribution in [0.2, 0.25) is 5.82 Å². The van der Waals surface area contributed by atoms with Gasteiger partial charge in [0.05, 0.1) is 18.1 Å². The number of nitrogens with zero attached hydrogens (tertiary/aromatic N) is 3. The molecule has 0 aromatic heterocycles. The maximum atomic E-state index is 2.79. The zero-order chi connectivity index (χ0) is 26.2. The van der Waals surface area contributed by atoms with Crippen molar-refractivity contribution in [2.24, 2.45) is 0 Å². The highest BCUT2D eigenvalue weighted by atomic mass is 15.3. The second kappa shape index (κ2) is 8.93. The lowest BCUT2D eigenvalue weighted by atomic mass is 9.24. The first kappa shape index (κ1) is 23.1. The Morgan fingerprint density at radius 2 is 1.73 bits per heavy atom. The smallest absolute Gasteiger partial charge is 0.226 e. The number of rotatable bonds is 3. The fourth-order valence-electron chi connectivity index (χ4n) is 9.01. The van der Waals surface area contributed by atoms with Crippen LogP contribution in [0.3, 0.4) is 0 Å². The molecule has 40 heavy (non-hydrogen) atoms. The summed E-state index contributed by atoms with van der Waals surface area (Å²) in [4.78, 5) is 8.31. The summed E-state index contributed by atoms with van der Waals surface area (Å²) in [5.41, 5.74) is 12.3. The average Bonchev–Trinajstić information content (AvgIpc) is 3.03. The van der Waals surface area contributed by atoms with Crippen LogP contribution in [-0.4, -0.2) is 39.5 Å². The molecule has 0 aromatic rings. The molecule has 1 fully saturated rings. The highest BCUT2D eigenvalue weighted by Gasteiger charge is 2.59. The van der Waals surface area contributed by atoms with E-state index in [4.69, 9.17) is 0 Å². The van der Waals surface area contributed by atoms with Gasteiger partial charge < -0.3 is 14.7 Å². The van der Waals surface area contributed by atoms with Crippen molar-refractivity contribution in [3.8, 4) is 0 Å². The molecule has 0 saturated carbocycles. The lowest BCUT2D eigenvalue weighted by molar-refractivity contribution is 0.258. The van der Waals surface area contributed by atoms with E-state index in [1.807, 2.05) is 0 Å². The molecule has 0 spiro atoms. The molecule has 9 aliphatic rings. The van der Waals surface area contributed by atoms with Crippen LogP contribution in [0.5, 0.6) is 0 Å². The van der Waals surface area contributed by atoms with Crippen molar-refractivity contribution in [3.05, 3.63) is 142 Å². The van der Waals surface area contributed by atoms with Gasteiger partial charge in [-0.25, -0.2) is 0 Å². The minimum atomic E-state index is 0.351. The summed E-state index contributed by atoms with van der Waals surface area (Å²) in [6.07, 6.45) is 47.4. The molecule has 0 amide bonds. The molecular weight excluding hydrogens is 485 g/mol. The Bertz CT molecular complexity index is 1550. The van der Waals surface area contributed by atoms with E-state index in [0.717, 1.165) is 51.4 Å². The summed E-state index contributed by atoms with van der Waals surface area (Å²) >= 11 is 0. The fraction of sp³-hybridized carbons (Fsp3) is 0.333. The second-order valence-corrected chi connectivity index (χ2v) is 12.4. The summed E-state index contributed by atoms with van der Waals surface area (Å²) in [5.74, 6) is 0.433. The van der Waals surface area contributed by atoms with Gasteiger partial charge in [0.2, 0.25) is 6.71 Å². The van der Waals surface area contributed by atoms with E-state index in [9.17, 15) is 0 Å². The van der Waals surface area contributed by atoms with E-state index >= 15 is 0 Å². The van der Waals surface area contributed by atoms with E-state index in [1.54, 1.807) is 16.6 Å². The molecule has 4 unspecified atom stereocenters. The number of allylic oxidation sites excluding steroid dienone is 15. The number of hydrogen-bond donors (Lipinski definition) is 0. The zero-order valence-electron chi connectivity index (χ0n) is 23.1. The highest BCUT2D eigenvalue weighted by molar-refractivity contribution is 6.78. The zero-order valence-corrected chi connectivity index (χ0v) is 23.1. The minimum absolute atomic E-state index is 0.351. The van der Waals surface area contributed by atoms with Gasteiger partial charge in [0.1, 0.15) is 0 Å². The van der Waals surface area contributed by atoms with Crippen molar-refractivity contribution < 1.29 is 0 Å². The third-order valence-electron chi connectivity index (χ3n) is 10.4.